The Morgan fingerprint density at radius 3 is 2.89 bits per heavy atom. The van der Waals surface area contributed by atoms with Crippen molar-refractivity contribution in [1.82, 2.24) is 0 Å². The molecule has 18 heavy (non-hydrogen) atoms. The standard InChI is InChI=1S/C13H19NO4/c1-16-10-3-4-12(13(7-10)17-2)14-5-6-18-11(8-14)9-15/h3-4,7,11,15H,5-6,8-9H2,1-2H3. The average molecular weight is 253 g/mol. The van der Waals surface area contributed by atoms with E-state index in [4.69, 9.17) is 19.3 Å². The van der Waals surface area contributed by atoms with Crippen molar-refractivity contribution < 1.29 is 19.3 Å². The van der Waals surface area contributed by atoms with Crippen LogP contribution in [0.15, 0.2) is 18.2 Å². The minimum absolute atomic E-state index is 0.0367. The summed E-state index contributed by atoms with van der Waals surface area (Å²) in [6, 6.07) is 5.73. The van der Waals surface area contributed by atoms with Gasteiger partial charge >= 0.3 is 0 Å². The molecule has 1 aromatic carbocycles. The topological polar surface area (TPSA) is 51.2 Å². The molecule has 1 aliphatic heterocycles. The molecule has 1 heterocycles. The summed E-state index contributed by atoms with van der Waals surface area (Å²) in [7, 11) is 3.27. The van der Waals surface area contributed by atoms with Crippen LogP contribution in [0, 0.1) is 0 Å². The number of rotatable bonds is 4. The molecule has 0 amide bonds. The minimum Gasteiger partial charge on any atom is -0.497 e. The monoisotopic (exact) mass is 253 g/mol. The molecule has 2 rings (SSSR count). The van der Waals surface area contributed by atoms with Gasteiger partial charge in [-0.05, 0) is 12.1 Å². The maximum absolute atomic E-state index is 9.16. The van der Waals surface area contributed by atoms with Gasteiger partial charge in [-0.2, -0.15) is 0 Å². The Hall–Kier alpha value is -1.46. The van der Waals surface area contributed by atoms with Gasteiger partial charge in [-0.1, -0.05) is 0 Å². The molecule has 5 heteroatoms. The molecule has 1 atom stereocenters. The van der Waals surface area contributed by atoms with E-state index in [2.05, 4.69) is 4.90 Å². The molecule has 5 nitrogen and oxygen atoms in total. The minimum atomic E-state index is -0.134. The number of anilines is 1. The SMILES string of the molecule is COc1ccc(N2CCOC(CO)C2)c(OC)c1. The molecule has 0 aliphatic carbocycles. The van der Waals surface area contributed by atoms with Crippen molar-refractivity contribution >= 4 is 5.69 Å². The fraction of sp³-hybridized carbons (Fsp3) is 0.538. The summed E-state index contributed by atoms with van der Waals surface area (Å²) >= 11 is 0. The molecular weight excluding hydrogens is 234 g/mol. The molecule has 1 unspecified atom stereocenters. The predicted molar refractivity (Wildman–Crippen MR) is 68.6 cm³/mol. The van der Waals surface area contributed by atoms with E-state index < -0.39 is 0 Å². The van der Waals surface area contributed by atoms with Gasteiger partial charge in [0.05, 0.1) is 39.2 Å². The van der Waals surface area contributed by atoms with E-state index in [1.807, 2.05) is 18.2 Å². The molecule has 0 saturated carbocycles. The van der Waals surface area contributed by atoms with Crippen molar-refractivity contribution in [1.29, 1.82) is 0 Å². The number of aliphatic hydroxyl groups excluding tert-OH is 1. The number of hydrogen-bond acceptors (Lipinski definition) is 5. The summed E-state index contributed by atoms with van der Waals surface area (Å²) in [6.45, 7) is 2.10. The van der Waals surface area contributed by atoms with Crippen LogP contribution in [-0.2, 0) is 4.74 Å². The van der Waals surface area contributed by atoms with Crippen LogP contribution in [0.5, 0.6) is 11.5 Å². The summed E-state index contributed by atoms with van der Waals surface area (Å²) in [5.74, 6) is 1.54. The molecule has 0 radical (unpaired) electrons. The highest BCUT2D eigenvalue weighted by molar-refractivity contribution is 5.61. The second-order valence-electron chi connectivity index (χ2n) is 4.16. The number of benzene rings is 1. The summed E-state index contributed by atoms with van der Waals surface area (Å²) in [5.41, 5.74) is 1.00. The highest BCUT2D eigenvalue weighted by Gasteiger charge is 2.22. The van der Waals surface area contributed by atoms with Crippen LogP contribution >= 0.6 is 0 Å². The molecule has 0 bridgehead atoms. The summed E-state index contributed by atoms with van der Waals surface area (Å²) in [4.78, 5) is 2.16. The molecule has 0 spiro atoms. The summed E-state index contributed by atoms with van der Waals surface area (Å²) in [6.07, 6.45) is -0.134. The molecule has 1 aliphatic rings. The number of aliphatic hydroxyl groups is 1. The molecule has 1 N–H and O–H groups in total. The van der Waals surface area contributed by atoms with Crippen LogP contribution in [0.1, 0.15) is 0 Å². The first-order chi connectivity index (χ1) is 8.78. The van der Waals surface area contributed by atoms with E-state index in [9.17, 15) is 0 Å². The van der Waals surface area contributed by atoms with Crippen LogP contribution < -0.4 is 14.4 Å². The third kappa shape index (κ3) is 2.68. The Kier molecular flexibility index (Phi) is 4.28. The number of methoxy groups -OCH3 is 2. The zero-order valence-electron chi connectivity index (χ0n) is 10.8. The Morgan fingerprint density at radius 1 is 1.39 bits per heavy atom. The summed E-state index contributed by atoms with van der Waals surface area (Å²) < 4.78 is 16.0. The maximum atomic E-state index is 9.16. The van der Waals surface area contributed by atoms with E-state index in [-0.39, 0.29) is 12.7 Å². The predicted octanol–water partition coefficient (Wildman–Crippen LogP) is 0.901. The fourth-order valence-corrected chi connectivity index (χ4v) is 2.09. The van der Waals surface area contributed by atoms with Gasteiger partial charge in [0.1, 0.15) is 11.5 Å². The average Bonchev–Trinajstić information content (AvgIpc) is 2.46. The Morgan fingerprint density at radius 2 is 2.22 bits per heavy atom. The van der Waals surface area contributed by atoms with Crippen molar-refractivity contribution in [2.75, 3.05) is 45.4 Å². The largest absolute Gasteiger partial charge is 0.497 e. The smallest absolute Gasteiger partial charge is 0.145 e. The van der Waals surface area contributed by atoms with Crippen molar-refractivity contribution in [2.45, 2.75) is 6.10 Å². The Bertz CT molecular complexity index is 397. The quantitative estimate of drug-likeness (QED) is 0.864. The van der Waals surface area contributed by atoms with E-state index in [1.54, 1.807) is 14.2 Å². The van der Waals surface area contributed by atoms with E-state index in [0.717, 1.165) is 23.7 Å². The van der Waals surface area contributed by atoms with Crippen LogP contribution in [0.2, 0.25) is 0 Å². The first kappa shape index (κ1) is 13.0. The second-order valence-corrected chi connectivity index (χ2v) is 4.16. The first-order valence-electron chi connectivity index (χ1n) is 5.98. The third-order valence-electron chi connectivity index (χ3n) is 3.07. The molecule has 100 valence electrons. The van der Waals surface area contributed by atoms with Gasteiger partial charge in [0.25, 0.3) is 0 Å². The number of morpholine rings is 1. The van der Waals surface area contributed by atoms with Gasteiger partial charge in [-0.3, -0.25) is 0 Å². The van der Waals surface area contributed by atoms with Crippen molar-refractivity contribution in [3.05, 3.63) is 18.2 Å². The molecule has 0 aromatic heterocycles. The molecular formula is C13H19NO4. The van der Waals surface area contributed by atoms with Gasteiger partial charge in [-0.25, -0.2) is 0 Å². The van der Waals surface area contributed by atoms with Crippen LogP contribution in [0.4, 0.5) is 5.69 Å². The lowest BCUT2D eigenvalue weighted by atomic mass is 10.2. The maximum Gasteiger partial charge on any atom is 0.145 e. The van der Waals surface area contributed by atoms with E-state index in [0.29, 0.717) is 13.2 Å². The zero-order valence-corrected chi connectivity index (χ0v) is 10.8. The fourth-order valence-electron chi connectivity index (χ4n) is 2.09. The normalized spacial score (nSPS) is 19.7. The Labute approximate surface area is 107 Å². The lowest BCUT2D eigenvalue weighted by molar-refractivity contribution is 0.00346. The van der Waals surface area contributed by atoms with Crippen molar-refractivity contribution in [2.24, 2.45) is 0 Å². The van der Waals surface area contributed by atoms with Crippen molar-refractivity contribution in [3.63, 3.8) is 0 Å². The van der Waals surface area contributed by atoms with Gasteiger partial charge in [0, 0.05) is 19.2 Å². The van der Waals surface area contributed by atoms with E-state index in [1.165, 1.54) is 0 Å². The second kappa shape index (κ2) is 5.93. The van der Waals surface area contributed by atoms with Gasteiger partial charge in [0.15, 0.2) is 0 Å². The summed E-state index contributed by atoms with van der Waals surface area (Å²) in [5, 5.41) is 9.16. The number of hydrogen-bond donors (Lipinski definition) is 1. The lowest BCUT2D eigenvalue weighted by Crippen LogP contribution is -2.44. The highest BCUT2D eigenvalue weighted by atomic mass is 16.5. The van der Waals surface area contributed by atoms with Gasteiger partial charge in [0.2, 0.25) is 0 Å². The van der Waals surface area contributed by atoms with Crippen LogP contribution in [0.25, 0.3) is 0 Å². The number of ether oxygens (including phenoxy) is 3. The zero-order chi connectivity index (χ0) is 13.0. The molecule has 1 fully saturated rings. The molecule has 1 saturated heterocycles. The third-order valence-corrected chi connectivity index (χ3v) is 3.07. The Balaban J connectivity index is 2.21. The van der Waals surface area contributed by atoms with Crippen LogP contribution in [0.3, 0.4) is 0 Å². The lowest BCUT2D eigenvalue weighted by Gasteiger charge is -2.34. The van der Waals surface area contributed by atoms with Gasteiger partial charge < -0.3 is 24.2 Å². The van der Waals surface area contributed by atoms with Crippen LogP contribution in [-0.4, -0.2) is 51.7 Å². The number of nitrogens with zero attached hydrogens (tertiary/aromatic N) is 1. The van der Waals surface area contributed by atoms with E-state index >= 15 is 0 Å². The van der Waals surface area contributed by atoms with Gasteiger partial charge in [-0.15, -0.1) is 0 Å². The first-order valence-corrected chi connectivity index (χ1v) is 5.98. The molecule has 1 aromatic rings. The van der Waals surface area contributed by atoms with Crippen molar-refractivity contribution in [3.8, 4) is 11.5 Å². The highest BCUT2D eigenvalue weighted by Crippen LogP contribution is 2.33.